The molecule has 3 rings (SSSR count). The Morgan fingerprint density at radius 3 is 2.54 bits per heavy atom. The number of ether oxygens (including phenoxy) is 4. The largest absolute Gasteiger partial charge is 0.504 e. The van der Waals surface area contributed by atoms with Crippen molar-refractivity contribution in [2.24, 2.45) is 11.8 Å². The van der Waals surface area contributed by atoms with E-state index in [9.17, 15) is 19.5 Å². The Labute approximate surface area is 205 Å². The van der Waals surface area contributed by atoms with Gasteiger partial charge in [0.1, 0.15) is 12.5 Å². The van der Waals surface area contributed by atoms with Crippen LogP contribution in [0.3, 0.4) is 0 Å². The average molecular weight is 488 g/mol. The number of carbonyl (C=O) groups is 3. The van der Waals surface area contributed by atoms with Gasteiger partial charge in [-0.2, -0.15) is 0 Å². The van der Waals surface area contributed by atoms with Crippen molar-refractivity contribution in [3.05, 3.63) is 46.3 Å². The molecule has 0 radical (unpaired) electrons. The number of ketones is 1. The lowest BCUT2D eigenvalue weighted by atomic mass is 9.69. The fourth-order valence-corrected chi connectivity index (χ4v) is 4.65. The molecule has 1 aliphatic heterocycles. The van der Waals surface area contributed by atoms with Crippen molar-refractivity contribution >= 4 is 17.7 Å². The molecule has 0 saturated carbocycles. The first-order valence-electron chi connectivity index (χ1n) is 11.6. The van der Waals surface area contributed by atoms with Gasteiger partial charge in [-0.05, 0) is 50.8 Å². The Balaban J connectivity index is 2.09. The van der Waals surface area contributed by atoms with Crippen LogP contribution in [0.4, 0.5) is 0 Å². The zero-order valence-electron chi connectivity index (χ0n) is 21.0. The molecule has 35 heavy (non-hydrogen) atoms. The third kappa shape index (κ3) is 5.35. The Kier molecular flexibility index (Phi) is 8.22. The van der Waals surface area contributed by atoms with E-state index >= 15 is 0 Å². The molecule has 0 spiro atoms. The van der Waals surface area contributed by atoms with E-state index in [0.717, 1.165) is 0 Å². The minimum Gasteiger partial charge on any atom is -0.504 e. The number of esters is 2. The van der Waals surface area contributed by atoms with Crippen LogP contribution < -0.4 is 10.1 Å². The SMILES string of the molecule is COC(=O)[C@@H]1C(=O)C2=C(C[C@@H]1C)NC(C)=C(C(=O)OCCOC(C)C)[C@H]2c1ccc(O)c(OC)c1. The molecule has 0 amide bonds. The minimum atomic E-state index is -0.989. The van der Waals surface area contributed by atoms with Gasteiger partial charge in [0, 0.05) is 22.9 Å². The highest BCUT2D eigenvalue weighted by Crippen LogP contribution is 2.46. The predicted octanol–water partition coefficient (Wildman–Crippen LogP) is 2.98. The first kappa shape index (κ1) is 26.3. The van der Waals surface area contributed by atoms with Crippen LogP contribution in [-0.4, -0.2) is 56.4 Å². The zero-order chi connectivity index (χ0) is 25.9. The van der Waals surface area contributed by atoms with Crippen LogP contribution in [0.15, 0.2) is 40.7 Å². The maximum absolute atomic E-state index is 13.7. The number of carbonyl (C=O) groups excluding carboxylic acids is 3. The Morgan fingerprint density at radius 2 is 1.91 bits per heavy atom. The fraction of sp³-hybridized carbons (Fsp3) is 0.500. The number of methoxy groups -OCH3 is 2. The van der Waals surface area contributed by atoms with Gasteiger partial charge in [0.2, 0.25) is 0 Å². The summed E-state index contributed by atoms with van der Waals surface area (Å²) in [5.41, 5.74) is 2.30. The average Bonchev–Trinajstić information content (AvgIpc) is 2.80. The molecule has 9 heteroatoms. The van der Waals surface area contributed by atoms with E-state index in [4.69, 9.17) is 18.9 Å². The number of hydrogen-bond acceptors (Lipinski definition) is 9. The highest BCUT2D eigenvalue weighted by Gasteiger charge is 2.47. The molecular formula is C26H33NO8. The molecule has 2 N–H and O–H groups in total. The quantitative estimate of drug-likeness (QED) is 0.324. The predicted molar refractivity (Wildman–Crippen MR) is 127 cm³/mol. The number of allylic oxidation sites excluding steroid dienone is 3. The third-order valence-corrected chi connectivity index (χ3v) is 6.27. The smallest absolute Gasteiger partial charge is 0.336 e. The van der Waals surface area contributed by atoms with Crippen LogP contribution >= 0.6 is 0 Å². The van der Waals surface area contributed by atoms with Crippen LogP contribution in [0.5, 0.6) is 11.5 Å². The molecule has 2 aliphatic rings. The number of benzene rings is 1. The number of hydrogen-bond donors (Lipinski definition) is 2. The number of rotatable bonds is 8. The summed E-state index contributed by atoms with van der Waals surface area (Å²) >= 11 is 0. The van der Waals surface area contributed by atoms with Gasteiger partial charge < -0.3 is 29.4 Å². The Morgan fingerprint density at radius 1 is 1.20 bits per heavy atom. The second-order valence-corrected chi connectivity index (χ2v) is 9.02. The van der Waals surface area contributed by atoms with Crippen molar-refractivity contribution in [3.8, 4) is 11.5 Å². The van der Waals surface area contributed by atoms with Gasteiger partial charge in [-0.1, -0.05) is 13.0 Å². The molecule has 0 aromatic heterocycles. The second kappa shape index (κ2) is 10.9. The summed E-state index contributed by atoms with van der Waals surface area (Å²) in [4.78, 5) is 39.5. The lowest BCUT2D eigenvalue weighted by molar-refractivity contribution is -0.151. The number of Topliss-reactive ketones (excluding diaryl/α,β-unsaturated/α-hetero) is 1. The molecule has 0 unspecified atom stereocenters. The molecule has 1 aromatic carbocycles. The summed E-state index contributed by atoms with van der Waals surface area (Å²) in [7, 11) is 2.66. The molecule has 1 heterocycles. The van der Waals surface area contributed by atoms with E-state index in [1.807, 2.05) is 20.8 Å². The highest BCUT2D eigenvalue weighted by atomic mass is 16.6. The molecule has 0 bridgehead atoms. The highest BCUT2D eigenvalue weighted by molar-refractivity contribution is 6.12. The Bertz CT molecular complexity index is 1070. The van der Waals surface area contributed by atoms with Crippen LogP contribution in [-0.2, 0) is 28.6 Å². The summed E-state index contributed by atoms with van der Waals surface area (Å²) < 4.78 is 21.1. The van der Waals surface area contributed by atoms with Crippen molar-refractivity contribution in [3.63, 3.8) is 0 Å². The number of aromatic hydroxyl groups is 1. The van der Waals surface area contributed by atoms with Crippen LogP contribution in [0.25, 0.3) is 0 Å². The minimum absolute atomic E-state index is 0.00645. The van der Waals surface area contributed by atoms with E-state index in [-0.39, 0.29) is 42.3 Å². The van der Waals surface area contributed by atoms with Gasteiger partial charge in [-0.15, -0.1) is 0 Å². The van der Waals surface area contributed by atoms with Crippen molar-refractivity contribution in [1.29, 1.82) is 0 Å². The molecule has 1 aliphatic carbocycles. The summed E-state index contributed by atoms with van der Waals surface area (Å²) in [5.74, 6) is -3.61. The summed E-state index contributed by atoms with van der Waals surface area (Å²) in [6.45, 7) is 7.61. The van der Waals surface area contributed by atoms with Crippen molar-refractivity contribution < 1.29 is 38.4 Å². The van der Waals surface area contributed by atoms with E-state index < -0.39 is 29.6 Å². The molecule has 190 valence electrons. The standard InChI is InChI=1S/C26H33NO8/c1-13(2)34-9-10-35-26(31)21-15(4)27-17-11-14(3)20(25(30)33-6)24(29)23(17)22(21)16-7-8-18(28)19(12-16)32-5/h7-8,12-14,20,22,27-28H,9-11H2,1-6H3/t14-,20-,22+/m0/s1. The maximum atomic E-state index is 13.7. The van der Waals surface area contributed by atoms with Gasteiger partial charge in [-0.3, -0.25) is 9.59 Å². The molecule has 0 fully saturated rings. The van der Waals surface area contributed by atoms with Crippen molar-refractivity contribution in [2.45, 2.75) is 46.1 Å². The number of dihydropyridines is 1. The van der Waals surface area contributed by atoms with Crippen molar-refractivity contribution in [1.82, 2.24) is 5.32 Å². The van der Waals surface area contributed by atoms with Gasteiger partial charge in [0.05, 0.1) is 32.5 Å². The molecule has 3 atom stereocenters. The summed E-state index contributed by atoms with van der Waals surface area (Å²) in [6.07, 6.45) is 0.419. The summed E-state index contributed by atoms with van der Waals surface area (Å²) in [6, 6.07) is 4.65. The van der Waals surface area contributed by atoms with E-state index in [1.165, 1.54) is 20.3 Å². The zero-order valence-corrected chi connectivity index (χ0v) is 21.0. The van der Waals surface area contributed by atoms with Crippen LogP contribution in [0.2, 0.25) is 0 Å². The lowest BCUT2D eigenvalue weighted by Crippen LogP contribution is -2.43. The summed E-state index contributed by atoms with van der Waals surface area (Å²) in [5, 5.41) is 13.3. The van der Waals surface area contributed by atoms with Gasteiger partial charge in [0.15, 0.2) is 17.3 Å². The Hall–Kier alpha value is -3.33. The third-order valence-electron chi connectivity index (χ3n) is 6.27. The van der Waals surface area contributed by atoms with Crippen LogP contribution in [0.1, 0.15) is 45.6 Å². The van der Waals surface area contributed by atoms with Gasteiger partial charge in [0.25, 0.3) is 0 Å². The van der Waals surface area contributed by atoms with Crippen LogP contribution in [0, 0.1) is 11.8 Å². The number of nitrogens with one attached hydrogen (secondary N) is 1. The monoisotopic (exact) mass is 487 g/mol. The topological polar surface area (TPSA) is 120 Å². The van der Waals surface area contributed by atoms with E-state index in [1.54, 1.807) is 19.1 Å². The molecule has 9 nitrogen and oxygen atoms in total. The number of phenols is 1. The molecule has 1 aromatic rings. The van der Waals surface area contributed by atoms with Crippen molar-refractivity contribution in [2.75, 3.05) is 27.4 Å². The van der Waals surface area contributed by atoms with E-state index in [2.05, 4.69) is 5.32 Å². The number of phenolic OH excluding ortho intramolecular Hbond substituents is 1. The first-order chi connectivity index (χ1) is 16.6. The van der Waals surface area contributed by atoms with Gasteiger partial charge >= 0.3 is 11.9 Å². The second-order valence-electron chi connectivity index (χ2n) is 9.02. The molecular weight excluding hydrogens is 454 g/mol. The normalized spacial score (nSPS) is 22.0. The fourth-order valence-electron chi connectivity index (χ4n) is 4.65. The first-order valence-corrected chi connectivity index (χ1v) is 11.6. The maximum Gasteiger partial charge on any atom is 0.336 e. The molecule has 0 saturated heterocycles. The van der Waals surface area contributed by atoms with Gasteiger partial charge in [-0.25, -0.2) is 4.79 Å². The lowest BCUT2D eigenvalue weighted by Gasteiger charge is -2.38. The van der Waals surface area contributed by atoms with E-state index in [0.29, 0.717) is 29.0 Å².